The minimum absolute atomic E-state index is 0.00965. The van der Waals surface area contributed by atoms with Gasteiger partial charge in [-0.15, -0.1) is 0 Å². The molecular formula is C18H12Cl2N4. The second-order valence-electron chi connectivity index (χ2n) is 5.92. The van der Waals surface area contributed by atoms with Crippen molar-refractivity contribution in [3.63, 3.8) is 0 Å². The third kappa shape index (κ3) is 2.10. The van der Waals surface area contributed by atoms with Crippen molar-refractivity contribution in [3.8, 4) is 18.2 Å². The van der Waals surface area contributed by atoms with Crippen LogP contribution in [0, 0.1) is 45.3 Å². The molecule has 2 N–H and O–H groups in total. The molecule has 1 aromatic carbocycles. The number of hydrogen-bond donors (Lipinski definition) is 1. The molecule has 0 fully saturated rings. The Hall–Kier alpha value is -2.45. The largest absolute Gasteiger partial charge is 0.399 e. The average Bonchev–Trinajstić information content (AvgIpc) is 3.03. The van der Waals surface area contributed by atoms with Crippen molar-refractivity contribution < 1.29 is 0 Å². The molecule has 0 heterocycles. The summed E-state index contributed by atoms with van der Waals surface area (Å²) in [5.74, 6) is -0.687. The Morgan fingerprint density at radius 2 is 1.88 bits per heavy atom. The molecule has 0 aromatic heterocycles. The first-order chi connectivity index (χ1) is 11.5. The summed E-state index contributed by atoms with van der Waals surface area (Å²) in [6.07, 6.45) is 3.47. The second kappa shape index (κ2) is 5.88. The Bertz CT molecular complexity index is 894. The first-order valence-electron chi connectivity index (χ1n) is 7.38. The molecule has 2 unspecified atom stereocenters. The minimum Gasteiger partial charge on any atom is -0.399 e. The molecule has 2 aliphatic rings. The van der Waals surface area contributed by atoms with E-state index in [1.54, 1.807) is 18.2 Å². The zero-order valence-corrected chi connectivity index (χ0v) is 14.1. The van der Waals surface area contributed by atoms with Crippen LogP contribution >= 0.6 is 23.2 Å². The van der Waals surface area contributed by atoms with E-state index in [-0.39, 0.29) is 17.2 Å². The van der Waals surface area contributed by atoms with Crippen molar-refractivity contribution in [2.24, 2.45) is 17.1 Å². The van der Waals surface area contributed by atoms with Crippen molar-refractivity contribution in [2.45, 2.75) is 18.8 Å². The van der Waals surface area contributed by atoms with Crippen molar-refractivity contribution >= 4 is 23.2 Å². The van der Waals surface area contributed by atoms with E-state index in [0.717, 1.165) is 18.4 Å². The van der Waals surface area contributed by atoms with E-state index >= 15 is 0 Å². The lowest BCUT2D eigenvalue weighted by Crippen LogP contribution is -2.41. The summed E-state index contributed by atoms with van der Waals surface area (Å²) in [6.45, 7) is 0. The number of rotatable bonds is 1. The van der Waals surface area contributed by atoms with Crippen LogP contribution in [0.1, 0.15) is 24.3 Å². The maximum absolute atomic E-state index is 9.84. The van der Waals surface area contributed by atoms with E-state index in [0.29, 0.717) is 15.6 Å². The van der Waals surface area contributed by atoms with Gasteiger partial charge in [-0.05, 0) is 42.0 Å². The highest BCUT2D eigenvalue weighted by atomic mass is 35.5. The van der Waals surface area contributed by atoms with Gasteiger partial charge >= 0.3 is 0 Å². The summed E-state index contributed by atoms with van der Waals surface area (Å²) in [5, 5.41) is 30.0. The van der Waals surface area contributed by atoms with Gasteiger partial charge in [0.1, 0.15) is 6.07 Å². The fourth-order valence-corrected chi connectivity index (χ4v) is 4.32. The van der Waals surface area contributed by atoms with Gasteiger partial charge in [0, 0.05) is 16.0 Å². The number of nitrogens with two attached hydrogens (primary N) is 1. The maximum atomic E-state index is 9.84. The zero-order chi connectivity index (χ0) is 17.5. The van der Waals surface area contributed by atoms with Crippen molar-refractivity contribution in [1.29, 1.82) is 15.8 Å². The molecule has 0 bridgehead atoms. The highest BCUT2D eigenvalue weighted by molar-refractivity contribution is 6.35. The van der Waals surface area contributed by atoms with Crippen LogP contribution in [0.15, 0.2) is 41.1 Å². The molecule has 3 rings (SSSR count). The quantitative estimate of drug-likeness (QED) is 0.816. The topological polar surface area (TPSA) is 97.4 Å². The molecule has 0 aliphatic heterocycles. The molecule has 0 amide bonds. The Kier molecular flexibility index (Phi) is 4.02. The summed E-state index contributed by atoms with van der Waals surface area (Å²) in [5.41, 5.74) is 6.25. The molecule has 0 saturated heterocycles. The molecule has 0 spiro atoms. The summed E-state index contributed by atoms with van der Waals surface area (Å²) >= 11 is 12.3. The van der Waals surface area contributed by atoms with Gasteiger partial charge in [-0.3, -0.25) is 0 Å². The number of fused-ring (bicyclic) bond motifs is 1. The summed E-state index contributed by atoms with van der Waals surface area (Å²) in [7, 11) is 0. The monoisotopic (exact) mass is 354 g/mol. The fourth-order valence-electron chi connectivity index (χ4n) is 3.79. The van der Waals surface area contributed by atoms with Gasteiger partial charge in [0.2, 0.25) is 0 Å². The second-order valence-corrected chi connectivity index (χ2v) is 6.76. The highest BCUT2D eigenvalue weighted by Crippen LogP contribution is 2.57. The number of halogens is 2. The molecule has 0 radical (unpaired) electrons. The van der Waals surface area contributed by atoms with Crippen LogP contribution in [0.2, 0.25) is 10.0 Å². The van der Waals surface area contributed by atoms with Crippen molar-refractivity contribution in [3.05, 3.63) is 56.7 Å². The van der Waals surface area contributed by atoms with Gasteiger partial charge in [0.25, 0.3) is 0 Å². The van der Waals surface area contributed by atoms with Crippen molar-refractivity contribution in [1.82, 2.24) is 0 Å². The predicted octanol–water partition coefficient (Wildman–Crippen LogP) is 4.20. The SMILES string of the molecule is N#CC1=C(N)C(C#N)(C#N)C(c2ccc(Cl)cc2Cl)C2CCC=C12. The van der Waals surface area contributed by atoms with Gasteiger partial charge in [-0.25, -0.2) is 0 Å². The van der Waals surface area contributed by atoms with E-state index in [4.69, 9.17) is 28.9 Å². The number of allylic oxidation sites excluding steroid dienone is 4. The molecule has 1 aromatic rings. The van der Waals surface area contributed by atoms with Crippen LogP contribution in [0.3, 0.4) is 0 Å². The van der Waals surface area contributed by atoms with Gasteiger partial charge in [-0.2, -0.15) is 15.8 Å². The van der Waals surface area contributed by atoms with Crippen LogP contribution in [-0.4, -0.2) is 0 Å². The summed E-state index contributed by atoms with van der Waals surface area (Å²) in [4.78, 5) is 0. The molecule has 0 saturated carbocycles. The Balaban J connectivity index is 2.34. The minimum atomic E-state index is -1.63. The Morgan fingerprint density at radius 1 is 1.17 bits per heavy atom. The van der Waals surface area contributed by atoms with Crippen LogP contribution in [0.4, 0.5) is 0 Å². The standard InChI is InChI=1S/C18H12Cl2N4/c19-10-4-5-13(15(20)6-10)16-12-3-1-2-11(12)14(7-21)17(24)18(16,8-22)9-23/h2,4-6,12,16H,1,3,24H2. The molecular weight excluding hydrogens is 343 g/mol. The maximum Gasteiger partial charge on any atom is 0.191 e. The average molecular weight is 355 g/mol. The molecule has 4 nitrogen and oxygen atoms in total. The van der Waals surface area contributed by atoms with Crippen LogP contribution in [0.5, 0.6) is 0 Å². The molecule has 24 heavy (non-hydrogen) atoms. The lowest BCUT2D eigenvalue weighted by molar-refractivity contribution is 0.345. The molecule has 118 valence electrons. The third-order valence-corrected chi connectivity index (χ3v) is 5.42. The number of nitriles is 3. The lowest BCUT2D eigenvalue weighted by Gasteiger charge is -2.40. The van der Waals surface area contributed by atoms with E-state index in [9.17, 15) is 15.8 Å². The van der Waals surface area contributed by atoms with Crippen molar-refractivity contribution in [2.75, 3.05) is 0 Å². The van der Waals surface area contributed by atoms with E-state index in [1.807, 2.05) is 6.08 Å². The van der Waals surface area contributed by atoms with Gasteiger partial charge in [0.15, 0.2) is 5.41 Å². The molecule has 2 atom stereocenters. The van der Waals surface area contributed by atoms with Gasteiger partial charge in [0.05, 0.1) is 23.4 Å². The first kappa shape index (κ1) is 16.4. The lowest BCUT2D eigenvalue weighted by atomic mass is 9.59. The van der Waals surface area contributed by atoms with E-state index < -0.39 is 11.3 Å². The van der Waals surface area contributed by atoms with Crippen LogP contribution < -0.4 is 5.73 Å². The van der Waals surface area contributed by atoms with Crippen LogP contribution in [-0.2, 0) is 0 Å². The summed E-state index contributed by atoms with van der Waals surface area (Å²) < 4.78 is 0. The number of hydrogen-bond acceptors (Lipinski definition) is 4. The normalized spacial score (nSPS) is 24.4. The van der Waals surface area contributed by atoms with E-state index in [1.165, 1.54) is 0 Å². The Morgan fingerprint density at radius 3 is 2.46 bits per heavy atom. The fraction of sp³-hybridized carbons (Fsp3) is 0.278. The molecule has 6 heteroatoms. The third-order valence-electron chi connectivity index (χ3n) is 4.86. The highest BCUT2D eigenvalue weighted by Gasteiger charge is 2.54. The van der Waals surface area contributed by atoms with Gasteiger partial charge in [-0.1, -0.05) is 35.3 Å². The summed E-state index contributed by atoms with van der Waals surface area (Å²) in [6, 6.07) is 11.2. The Labute approximate surface area is 150 Å². The predicted molar refractivity (Wildman–Crippen MR) is 90.5 cm³/mol. The molecule has 2 aliphatic carbocycles. The van der Waals surface area contributed by atoms with Gasteiger partial charge < -0.3 is 5.73 Å². The number of nitrogens with zero attached hydrogens (tertiary/aromatic N) is 3. The first-order valence-corrected chi connectivity index (χ1v) is 8.14. The van der Waals surface area contributed by atoms with Crippen LogP contribution in [0.25, 0.3) is 0 Å². The smallest absolute Gasteiger partial charge is 0.191 e. The zero-order valence-electron chi connectivity index (χ0n) is 12.6. The van der Waals surface area contributed by atoms with E-state index in [2.05, 4.69) is 18.2 Å². The number of benzene rings is 1.